The highest BCUT2D eigenvalue weighted by Gasteiger charge is 2.46. The van der Waals surface area contributed by atoms with Crippen molar-refractivity contribution in [1.82, 2.24) is 10.2 Å². The van der Waals surface area contributed by atoms with Gasteiger partial charge in [-0.2, -0.15) is 0 Å². The van der Waals surface area contributed by atoms with E-state index in [9.17, 15) is 9.59 Å². The number of nitrogens with zero attached hydrogens (tertiary/aromatic N) is 1. The van der Waals surface area contributed by atoms with Crippen molar-refractivity contribution in [3.8, 4) is 0 Å². The molecule has 2 amide bonds. The summed E-state index contributed by atoms with van der Waals surface area (Å²) < 4.78 is 0. The van der Waals surface area contributed by atoms with Crippen molar-refractivity contribution < 1.29 is 9.59 Å². The van der Waals surface area contributed by atoms with Crippen LogP contribution in [-0.4, -0.2) is 34.8 Å². The van der Waals surface area contributed by atoms with Gasteiger partial charge in [0.25, 0.3) is 0 Å². The zero-order valence-electron chi connectivity index (χ0n) is 13.9. The molecule has 2 aliphatic rings. The van der Waals surface area contributed by atoms with Crippen LogP contribution in [0.4, 0.5) is 0 Å². The van der Waals surface area contributed by atoms with Crippen LogP contribution in [-0.2, 0) is 9.59 Å². The second-order valence-electron chi connectivity index (χ2n) is 6.65. The average molecular weight is 344 g/mol. The fourth-order valence-corrected chi connectivity index (χ4v) is 4.53. The minimum absolute atomic E-state index is 0.000686. The standard InChI is InChI=1S/C19H24N2O2S/c1-2-13-21-18(23)9-12-19(21)10-7-15(8-11-19)20-17(22)6-5-16-4-3-14-24-16/h2-6,14-15H,1,7-13H2,(H,20,22)/b6-5+. The Morgan fingerprint density at radius 2 is 2.21 bits per heavy atom. The van der Waals surface area contributed by atoms with Crippen LogP contribution in [0.5, 0.6) is 0 Å². The minimum Gasteiger partial charge on any atom is -0.350 e. The predicted octanol–water partition coefficient (Wildman–Crippen LogP) is 3.37. The number of thiophene rings is 1. The van der Waals surface area contributed by atoms with Crippen LogP contribution in [0.25, 0.3) is 6.08 Å². The normalized spacial score (nSPS) is 27.1. The lowest BCUT2D eigenvalue weighted by Gasteiger charge is -2.43. The maximum absolute atomic E-state index is 12.1. The SMILES string of the molecule is C=CCN1C(=O)CCC12CCC(NC(=O)/C=C/c1cccs1)CC2. The Bertz CT molecular complexity index is 628. The lowest BCUT2D eigenvalue weighted by molar-refractivity contribution is -0.131. The van der Waals surface area contributed by atoms with E-state index in [1.54, 1.807) is 17.4 Å². The van der Waals surface area contributed by atoms with Crippen LogP contribution in [0.2, 0.25) is 0 Å². The van der Waals surface area contributed by atoms with Gasteiger partial charge in [-0.1, -0.05) is 12.1 Å². The first kappa shape index (κ1) is 17.0. The molecular formula is C19H24N2O2S. The molecule has 24 heavy (non-hydrogen) atoms. The molecule has 1 aromatic heterocycles. The summed E-state index contributed by atoms with van der Waals surface area (Å²) in [5.41, 5.74) is -0.000686. The van der Waals surface area contributed by atoms with E-state index in [1.807, 2.05) is 34.6 Å². The summed E-state index contributed by atoms with van der Waals surface area (Å²) in [6.07, 6.45) is 10.7. The first-order valence-corrected chi connectivity index (χ1v) is 9.44. The van der Waals surface area contributed by atoms with Crippen LogP contribution in [0, 0.1) is 0 Å². The first-order chi connectivity index (χ1) is 11.6. The van der Waals surface area contributed by atoms with E-state index in [-0.39, 0.29) is 23.4 Å². The fraction of sp³-hybridized carbons (Fsp3) is 0.474. The largest absolute Gasteiger partial charge is 0.350 e. The Hall–Kier alpha value is -1.88. The van der Waals surface area contributed by atoms with E-state index in [0.717, 1.165) is 37.0 Å². The molecule has 0 aromatic carbocycles. The number of nitrogens with one attached hydrogen (secondary N) is 1. The zero-order valence-corrected chi connectivity index (χ0v) is 14.7. The Kier molecular flexibility index (Phi) is 5.19. The fourth-order valence-electron chi connectivity index (χ4n) is 3.91. The van der Waals surface area contributed by atoms with Gasteiger partial charge in [-0.05, 0) is 49.6 Å². The summed E-state index contributed by atoms with van der Waals surface area (Å²) in [5, 5.41) is 5.10. The predicted molar refractivity (Wildman–Crippen MR) is 97.6 cm³/mol. The highest BCUT2D eigenvalue weighted by molar-refractivity contribution is 7.10. The molecule has 0 radical (unpaired) electrons. The highest BCUT2D eigenvalue weighted by Crippen LogP contribution is 2.42. The van der Waals surface area contributed by atoms with E-state index in [1.165, 1.54) is 0 Å². The van der Waals surface area contributed by atoms with Gasteiger partial charge in [0.15, 0.2) is 0 Å². The number of carbonyl (C=O) groups excluding carboxylic acids is 2. The van der Waals surface area contributed by atoms with Gasteiger partial charge in [0.05, 0.1) is 0 Å². The maximum atomic E-state index is 12.1. The zero-order chi connectivity index (χ0) is 17.0. The average Bonchev–Trinajstić information content (AvgIpc) is 3.20. The van der Waals surface area contributed by atoms with Crippen LogP contribution >= 0.6 is 11.3 Å². The Labute approximate surface area is 147 Å². The third-order valence-electron chi connectivity index (χ3n) is 5.19. The van der Waals surface area contributed by atoms with Crippen LogP contribution in [0.3, 0.4) is 0 Å². The van der Waals surface area contributed by atoms with Gasteiger partial charge in [0, 0.05) is 35.5 Å². The Morgan fingerprint density at radius 1 is 1.42 bits per heavy atom. The number of rotatable bonds is 5. The van der Waals surface area contributed by atoms with E-state index in [4.69, 9.17) is 0 Å². The van der Waals surface area contributed by atoms with Crippen molar-refractivity contribution in [2.24, 2.45) is 0 Å². The van der Waals surface area contributed by atoms with Crippen molar-refractivity contribution in [3.05, 3.63) is 41.1 Å². The van der Waals surface area contributed by atoms with E-state index in [0.29, 0.717) is 13.0 Å². The molecule has 1 saturated heterocycles. The second kappa shape index (κ2) is 7.34. The molecule has 0 atom stereocenters. The summed E-state index contributed by atoms with van der Waals surface area (Å²) in [6.45, 7) is 4.41. The number of amides is 2. The monoisotopic (exact) mass is 344 g/mol. The summed E-state index contributed by atoms with van der Waals surface area (Å²) in [5.74, 6) is 0.214. The Balaban J connectivity index is 1.52. The van der Waals surface area contributed by atoms with Crippen LogP contribution in [0.15, 0.2) is 36.2 Å². The van der Waals surface area contributed by atoms with Crippen molar-refractivity contribution >= 4 is 29.2 Å². The number of likely N-dealkylation sites (tertiary alicyclic amines) is 1. The summed E-state index contributed by atoms with van der Waals surface area (Å²) in [7, 11) is 0. The van der Waals surface area contributed by atoms with Gasteiger partial charge in [-0.15, -0.1) is 17.9 Å². The van der Waals surface area contributed by atoms with Gasteiger partial charge in [0.1, 0.15) is 0 Å². The molecule has 0 bridgehead atoms. The third kappa shape index (κ3) is 3.61. The minimum atomic E-state index is -0.0326. The molecule has 3 rings (SSSR count). The van der Waals surface area contributed by atoms with Gasteiger partial charge in [-0.3, -0.25) is 9.59 Å². The second-order valence-corrected chi connectivity index (χ2v) is 7.63. The maximum Gasteiger partial charge on any atom is 0.244 e. The van der Waals surface area contributed by atoms with Crippen molar-refractivity contribution in [2.45, 2.75) is 50.1 Å². The van der Waals surface area contributed by atoms with Crippen LogP contribution < -0.4 is 5.32 Å². The number of hydrogen-bond donors (Lipinski definition) is 1. The quantitative estimate of drug-likeness (QED) is 0.658. The van der Waals surface area contributed by atoms with Gasteiger partial charge >= 0.3 is 0 Å². The molecule has 1 spiro atoms. The van der Waals surface area contributed by atoms with Crippen LogP contribution in [0.1, 0.15) is 43.4 Å². The molecular weight excluding hydrogens is 320 g/mol. The van der Waals surface area contributed by atoms with Crippen molar-refractivity contribution in [2.75, 3.05) is 6.54 Å². The van der Waals surface area contributed by atoms with Gasteiger partial charge < -0.3 is 10.2 Å². The van der Waals surface area contributed by atoms with Crippen molar-refractivity contribution in [1.29, 1.82) is 0 Å². The lowest BCUT2D eigenvalue weighted by Crippen LogP contribution is -2.51. The number of carbonyl (C=O) groups is 2. The molecule has 1 saturated carbocycles. The summed E-state index contributed by atoms with van der Waals surface area (Å²) in [6, 6.07) is 4.17. The Morgan fingerprint density at radius 3 is 2.88 bits per heavy atom. The molecule has 1 aromatic rings. The highest BCUT2D eigenvalue weighted by atomic mass is 32.1. The van der Waals surface area contributed by atoms with Crippen molar-refractivity contribution in [3.63, 3.8) is 0 Å². The van der Waals surface area contributed by atoms with E-state index < -0.39 is 0 Å². The van der Waals surface area contributed by atoms with Gasteiger partial charge in [0.2, 0.25) is 11.8 Å². The first-order valence-electron chi connectivity index (χ1n) is 8.56. The molecule has 2 heterocycles. The lowest BCUT2D eigenvalue weighted by atomic mass is 9.77. The van der Waals surface area contributed by atoms with E-state index >= 15 is 0 Å². The molecule has 4 nitrogen and oxygen atoms in total. The third-order valence-corrected chi connectivity index (χ3v) is 6.03. The van der Waals surface area contributed by atoms with E-state index in [2.05, 4.69) is 11.9 Å². The number of hydrogen-bond acceptors (Lipinski definition) is 3. The molecule has 1 aliphatic carbocycles. The molecule has 0 unspecified atom stereocenters. The summed E-state index contributed by atoms with van der Waals surface area (Å²) >= 11 is 1.62. The molecule has 1 aliphatic heterocycles. The summed E-state index contributed by atoms with van der Waals surface area (Å²) in [4.78, 5) is 27.3. The molecule has 1 N–H and O–H groups in total. The molecule has 128 valence electrons. The molecule has 5 heteroatoms. The topological polar surface area (TPSA) is 49.4 Å². The molecule has 2 fully saturated rings. The smallest absolute Gasteiger partial charge is 0.244 e. The van der Waals surface area contributed by atoms with Gasteiger partial charge in [-0.25, -0.2) is 0 Å².